The quantitative estimate of drug-likeness (QED) is 0.329. The number of hydrogen-bond donors (Lipinski definition) is 4. The number of benzene rings is 2. The van der Waals surface area contributed by atoms with Crippen LogP contribution in [0, 0.1) is 0 Å². The molecule has 0 bridgehead atoms. The zero-order valence-electron chi connectivity index (χ0n) is 15.7. The Morgan fingerprint density at radius 1 is 0.571 bits per heavy atom. The number of hydrogen-bond acceptors (Lipinski definition) is 6. The van der Waals surface area contributed by atoms with Gasteiger partial charge in [-0.05, 0) is 37.1 Å². The number of rotatable bonds is 11. The summed E-state index contributed by atoms with van der Waals surface area (Å²) in [5.41, 5.74) is 0.461. The SMILES string of the molecule is O=C(CCCCCCCCC(=O)c1ccc(O)cc1O)c1ccc(O)cc1O. The van der Waals surface area contributed by atoms with Crippen LogP contribution in [0.1, 0.15) is 72.1 Å². The van der Waals surface area contributed by atoms with Crippen LogP contribution in [0.15, 0.2) is 36.4 Å². The van der Waals surface area contributed by atoms with Gasteiger partial charge in [-0.1, -0.05) is 25.7 Å². The van der Waals surface area contributed by atoms with E-state index in [0.29, 0.717) is 12.8 Å². The summed E-state index contributed by atoms with van der Waals surface area (Å²) >= 11 is 0. The number of unbranched alkanes of at least 4 members (excludes halogenated alkanes) is 5. The van der Waals surface area contributed by atoms with Crippen molar-refractivity contribution in [3.8, 4) is 23.0 Å². The van der Waals surface area contributed by atoms with E-state index >= 15 is 0 Å². The van der Waals surface area contributed by atoms with Crippen LogP contribution in [0.25, 0.3) is 0 Å². The third kappa shape index (κ3) is 6.30. The second-order valence-corrected chi connectivity index (χ2v) is 6.87. The van der Waals surface area contributed by atoms with E-state index < -0.39 is 0 Å². The topological polar surface area (TPSA) is 115 Å². The van der Waals surface area contributed by atoms with Crippen LogP contribution >= 0.6 is 0 Å². The lowest BCUT2D eigenvalue weighted by Crippen LogP contribution is -2.00. The molecule has 2 aromatic carbocycles. The fraction of sp³-hybridized carbons (Fsp3) is 0.364. The average molecular weight is 386 g/mol. The van der Waals surface area contributed by atoms with Crippen molar-refractivity contribution >= 4 is 11.6 Å². The first-order chi connectivity index (χ1) is 13.4. The molecule has 0 radical (unpaired) electrons. The molecule has 0 aliphatic rings. The molecule has 6 heteroatoms. The van der Waals surface area contributed by atoms with Gasteiger partial charge in [0.15, 0.2) is 11.6 Å². The van der Waals surface area contributed by atoms with Gasteiger partial charge in [0.25, 0.3) is 0 Å². The van der Waals surface area contributed by atoms with Gasteiger partial charge in [0, 0.05) is 25.0 Å². The van der Waals surface area contributed by atoms with Gasteiger partial charge in [-0.2, -0.15) is 0 Å². The van der Waals surface area contributed by atoms with Gasteiger partial charge in [-0.25, -0.2) is 0 Å². The summed E-state index contributed by atoms with van der Waals surface area (Å²) in [4.78, 5) is 24.1. The molecule has 0 aliphatic carbocycles. The van der Waals surface area contributed by atoms with Gasteiger partial charge in [0.1, 0.15) is 23.0 Å². The Labute approximate surface area is 164 Å². The highest BCUT2D eigenvalue weighted by Crippen LogP contribution is 2.25. The molecule has 0 spiro atoms. The highest BCUT2D eigenvalue weighted by atomic mass is 16.3. The molecular formula is C22H26O6. The van der Waals surface area contributed by atoms with E-state index in [9.17, 15) is 30.0 Å². The van der Waals surface area contributed by atoms with Crippen molar-refractivity contribution in [1.29, 1.82) is 0 Å². The first kappa shape index (κ1) is 21.3. The van der Waals surface area contributed by atoms with E-state index in [1.165, 1.54) is 24.3 Å². The van der Waals surface area contributed by atoms with Gasteiger partial charge in [0.2, 0.25) is 0 Å². The maximum Gasteiger partial charge on any atom is 0.166 e. The Bertz CT molecular complexity index is 758. The molecule has 0 unspecified atom stereocenters. The summed E-state index contributed by atoms with van der Waals surface area (Å²) in [6.45, 7) is 0. The van der Waals surface area contributed by atoms with Crippen molar-refractivity contribution in [2.75, 3.05) is 0 Å². The molecule has 0 aliphatic heterocycles. The lowest BCUT2D eigenvalue weighted by atomic mass is 10.0. The number of ketones is 2. The predicted molar refractivity (Wildman–Crippen MR) is 105 cm³/mol. The summed E-state index contributed by atoms with van der Waals surface area (Å²) in [5, 5.41) is 37.9. The van der Waals surface area contributed by atoms with Gasteiger partial charge >= 0.3 is 0 Å². The molecule has 4 N–H and O–H groups in total. The van der Waals surface area contributed by atoms with E-state index in [0.717, 1.165) is 50.7 Å². The van der Waals surface area contributed by atoms with Gasteiger partial charge < -0.3 is 20.4 Å². The minimum atomic E-state index is -0.200. The number of Topliss-reactive ketones (excluding diaryl/α,β-unsaturated/α-hetero) is 2. The standard InChI is InChI=1S/C22H26O6/c23-15-9-11-17(21(27)13-15)19(25)7-5-3-1-2-4-6-8-20(26)18-12-10-16(24)14-22(18)28/h9-14,23-24,27-28H,1-8H2. The monoisotopic (exact) mass is 386 g/mol. The van der Waals surface area contributed by atoms with Crippen molar-refractivity contribution in [3.63, 3.8) is 0 Å². The van der Waals surface area contributed by atoms with Crippen LogP contribution in [-0.4, -0.2) is 32.0 Å². The third-order valence-electron chi connectivity index (χ3n) is 4.62. The average Bonchev–Trinajstić information content (AvgIpc) is 2.63. The Morgan fingerprint density at radius 2 is 0.929 bits per heavy atom. The van der Waals surface area contributed by atoms with Crippen LogP contribution in [0.3, 0.4) is 0 Å². The smallest absolute Gasteiger partial charge is 0.166 e. The molecule has 0 fully saturated rings. The lowest BCUT2D eigenvalue weighted by molar-refractivity contribution is 0.0966. The molecule has 0 aromatic heterocycles. The number of phenols is 4. The van der Waals surface area contributed by atoms with Gasteiger partial charge in [-0.15, -0.1) is 0 Å². The van der Waals surface area contributed by atoms with Crippen molar-refractivity contribution < 1.29 is 30.0 Å². The molecule has 150 valence electrons. The molecule has 0 atom stereocenters. The first-order valence-corrected chi connectivity index (χ1v) is 9.49. The zero-order chi connectivity index (χ0) is 20.5. The first-order valence-electron chi connectivity index (χ1n) is 9.49. The van der Waals surface area contributed by atoms with Crippen LogP contribution in [-0.2, 0) is 0 Å². The summed E-state index contributed by atoms with van der Waals surface area (Å²) < 4.78 is 0. The second-order valence-electron chi connectivity index (χ2n) is 6.87. The normalized spacial score (nSPS) is 10.7. The van der Waals surface area contributed by atoms with Crippen molar-refractivity contribution in [2.24, 2.45) is 0 Å². The Kier molecular flexibility index (Phi) is 7.87. The van der Waals surface area contributed by atoms with Crippen LogP contribution in [0.4, 0.5) is 0 Å². The number of aromatic hydroxyl groups is 4. The van der Waals surface area contributed by atoms with Crippen molar-refractivity contribution in [1.82, 2.24) is 0 Å². The maximum absolute atomic E-state index is 12.1. The molecule has 28 heavy (non-hydrogen) atoms. The largest absolute Gasteiger partial charge is 0.508 e. The minimum Gasteiger partial charge on any atom is -0.508 e. The van der Waals surface area contributed by atoms with Crippen molar-refractivity contribution in [3.05, 3.63) is 47.5 Å². The molecule has 2 rings (SSSR count). The lowest BCUT2D eigenvalue weighted by Gasteiger charge is -2.06. The predicted octanol–water partition coefficient (Wildman–Crippen LogP) is 4.70. The number of carbonyl (C=O) groups is 2. The zero-order valence-corrected chi connectivity index (χ0v) is 15.7. The van der Waals surface area contributed by atoms with Crippen LogP contribution < -0.4 is 0 Å². The summed E-state index contributed by atoms with van der Waals surface area (Å²) in [7, 11) is 0. The van der Waals surface area contributed by atoms with Crippen molar-refractivity contribution in [2.45, 2.75) is 51.4 Å². The van der Waals surface area contributed by atoms with Gasteiger partial charge in [-0.3, -0.25) is 9.59 Å². The van der Waals surface area contributed by atoms with E-state index in [-0.39, 0.29) is 45.7 Å². The summed E-state index contributed by atoms with van der Waals surface area (Å²) in [5.74, 6) is -0.835. The van der Waals surface area contributed by atoms with E-state index in [4.69, 9.17) is 0 Å². The molecule has 0 saturated heterocycles. The molecule has 2 aromatic rings. The molecule has 0 amide bonds. The summed E-state index contributed by atoms with van der Waals surface area (Å²) in [6, 6.07) is 7.93. The fourth-order valence-corrected chi connectivity index (χ4v) is 3.06. The molecular weight excluding hydrogens is 360 g/mol. The highest BCUT2D eigenvalue weighted by molar-refractivity contribution is 5.99. The third-order valence-corrected chi connectivity index (χ3v) is 4.62. The highest BCUT2D eigenvalue weighted by Gasteiger charge is 2.12. The Morgan fingerprint density at radius 3 is 1.29 bits per heavy atom. The Balaban J connectivity index is 1.58. The Hall–Kier alpha value is -3.02. The second kappa shape index (κ2) is 10.3. The van der Waals surface area contributed by atoms with Gasteiger partial charge in [0.05, 0.1) is 11.1 Å². The minimum absolute atomic E-state index is 0.0758. The molecule has 0 saturated carbocycles. The molecule has 6 nitrogen and oxygen atoms in total. The number of phenolic OH excluding ortho intramolecular Hbond substituents is 4. The summed E-state index contributed by atoms with van der Waals surface area (Å²) in [6.07, 6.45) is 5.81. The molecule has 0 heterocycles. The fourth-order valence-electron chi connectivity index (χ4n) is 3.06. The van der Waals surface area contributed by atoms with E-state index in [2.05, 4.69) is 0 Å². The van der Waals surface area contributed by atoms with Crippen LogP contribution in [0.2, 0.25) is 0 Å². The number of carbonyl (C=O) groups excluding carboxylic acids is 2. The van der Waals surface area contributed by atoms with E-state index in [1.807, 2.05) is 0 Å². The van der Waals surface area contributed by atoms with E-state index in [1.54, 1.807) is 0 Å². The van der Waals surface area contributed by atoms with Crippen LogP contribution in [0.5, 0.6) is 23.0 Å². The maximum atomic E-state index is 12.1.